The zero-order chi connectivity index (χ0) is 20.1. The van der Waals surface area contributed by atoms with E-state index in [1.807, 2.05) is 31.2 Å². The van der Waals surface area contributed by atoms with Crippen molar-refractivity contribution in [3.63, 3.8) is 0 Å². The van der Waals surface area contributed by atoms with Crippen LogP contribution in [0.5, 0.6) is 11.5 Å². The quantitative estimate of drug-likeness (QED) is 0.621. The van der Waals surface area contributed by atoms with Gasteiger partial charge in [-0.3, -0.25) is 4.79 Å². The van der Waals surface area contributed by atoms with Gasteiger partial charge in [0.25, 0.3) is 5.91 Å². The van der Waals surface area contributed by atoms with Crippen molar-refractivity contribution in [2.24, 2.45) is 0 Å². The van der Waals surface area contributed by atoms with Crippen LogP contribution in [0.2, 0.25) is 5.02 Å². The summed E-state index contributed by atoms with van der Waals surface area (Å²) in [5.41, 5.74) is 1.75. The number of nitrogens with zero attached hydrogens (tertiary/aromatic N) is 1. The third kappa shape index (κ3) is 4.64. The van der Waals surface area contributed by atoms with Crippen LogP contribution in [0.3, 0.4) is 0 Å². The van der Waals surface area contributed by atoms with Crippen molar-refractivity contribution < 1.29 is 18.8 Å². The number of rotatable bonds is 7. The van der Waals surface area contributed by atoms with Gasteiger partial charge in [-0.15, -0.1) is 0 Å². The molecule has 3 aromatic rings. The number of carbonyl (C=O) groups excluding carboxylic acids is 1. The summed E-state index contributed by atoms with van der Waals surface area (Å²) in [6.07, 6.45) is 0. The molecule has 6 nitrogen and oxygen atoms in total. The van der Waals surface area contributed by atoms with Gasteiger partial charge < -0.3 is 19.3 Å². The van der Waals surface area contributed by atoms with Gasteiger partial charge in [0.15, 0.2) is 5.69 Å². The summed E-state index contributed by atoms with van der Waals surface area (Å²) in [6, 6.07) is 14.3. The highest BCUT2D eigenvalue weighted by atomic mass is 35.5. The molecule has 0 spiro atoms. The lowest BCUT2D eigenvalue weighted by Gasteiger charge is -2.14. The molecule has 1 amide bonds. The van der Waals surface area contributed by atoms with Gasteiger partial charge in [-0.05, 0) is 49.7 Å². The van der Waals surface area contributed by atoms with Gasteiger partial charge in [0.2, 0.25) is 0 Å². The fraction of sp³-hybridized carbons (Fsp3) is 0.238. The molecule has 1 atom stereocenters. The van der Waals surface area contributed by atoms with E-state index in [0.717, 1.165) is 11.3 Å². The molecule has 3 rings (SSSR count). The normalized spacial score (nSPS) is 11.7. The lowest BCUT2D eigenvalue weighted by atomic mass is 10.1. The third-order valence-electron chi connectivity index (χ3n) is 4.34. The maximum atomic E-state index is 12.7. The summed E-state index contributed by atoms with van der Waals surface area (Å²) in [4.78, 5) is 12.7. The second kappa shape index (κ2) is 8.80. The molecular weight excluding hydrogens is 380 g/mol. The first-order valence-electron chi connectivity index (χ1n) is 8.76. The molecule has 28 heavy (non-hydrogen) atoms. The van der Waals surface area contributed by atoms with Gasteiger partial charge >= 0.3 is 0 Å². The first kappa shape index (κ1) is 19.8. The Bertz CT molecular complexity index is 953. The minimum Gasteiger partial charge on any atom is -0.497 e. The molecule has 1 heterocycles. The molecule has 0 aliphatic rings. The van der Waals surface area contributed by atoms with E-state index in [1.165, 1.54) is 0 Å². The van der Waals surface area contributed by atoms with Crippen LogP contribution >= 0.6 is 11.6 Å². The van der Waals surface area contributed by atoms with Crippen molar-refractivity contribution in [2.75, 3.05) is 7.11 Å². The highest BCUT2D eigenvalue weighted by Crippen LogP contribution is 2.22. The van der Waals surface area contributed by atoms with Crippen molar-refractivity contribution in [3.05, 3.63) is 76.1 Å². The number of aromatic nitrogens is 1. The van der Waals surface area contributed by atoms with Crippen LogP contribution in [0.15, 0.2) is 53.1 Å². The molecule has 0 radical (unpaired) electrons. The van der Waals surface area contributed by atoms with Crippen molar-refractivity contribution in [1.29, 1.82) is 0 Å². The Morgan fingerprint density at radius 3 is 2.64 bits per heavy atom. The molecule has 1 N–H and O–H groups in total. The zero-order valence-electron chi connectivity index (χ0n) is 15.9. The topological polar surface area (TPSA) is 73.6 Å². The first-order chi connectivity index (χ1) is 13.5. The fourth-order valence-corrected chi connectivity index (χ4v) is 2.87. The Morgan fingerprint density at radius 2 is 1.96 bits per heavy atom. The van der Waals surface area contributed by atoms with Gasteiger partial charge in [0, 0.05) is 5.02 Å². The van der Waals surface area contributed by atoms with Gasteiger partial charge in [-0.25, -0.2) is 0 Å². The molecule has 0 aliphatic heterocycles. The van der Waals surface area contributed by atoms with Crippen LogP contribution in [-0.2, 0) is 6.61 Å². The zero-order valence-corrected chi connectivity index (χ0v) is 16.6. The van der Waals surface area contributed by atoms with E-state index in [-0.39, 0.29) is 24.2 Å². The minimum absolute atomic E-state index is 0.148. The molecule has 0 aliphatic carbocycles. The van der Waals surface area contributed by atoms with Gasteiger partial charge in [0.1, 0.15) is 23.9 Å². The third-order valence-corrected chi connectivity index (χ3v) is 4.58. The number of nitrogens with one attached hydrogen (secondary N) is 1. The largest absolute Gasteiger partial charge is 0.497 e. The lowest BCUT2D eigenvalue weighted by Crippen LogP contribution is -2.28. The molecule has 0 fully saturated rings. The van der Waals surface area contributed by atoms with Crippen LogP contribution < -0.4 is 14.8 Å². The standard InChI is InChI=1S/C21H21ClN2O4/c1-13(15-7-9-17(26-3)10-8-15)23-21(25)20-19(14(2)28-24-20)12-27-18-6-4-5-16(22)11-18/h4-11,13H,12H2,1-3H3,(H,23,25). The summed E-state index contributed by atoms with van der Waals surface area (Å²) in [5.74, 6) is 1.56. The van der Waals surface area contributed by atoms with Crippen molar-refractivity contribution >= 4 is 17.5 Å². The number of halogens is 1. The monoisotopic (exact) mass is 400 g/mol. The fourth-order valence-electron chi connectivity index (χ4n) is 2.69. The highest BCUT2D eigenvalue weighted by molar-refractivity contribution is 6.30. The van der Waals surface area contributed by atoms with Gasteiger partial charge in [-0.2, -0.15) is 0 Å². The maximum Gasteiger partial charge on any atom is 0.274 e. The number of aryl methyl sites for hydroxylation is 1. The van der Waals surface area contributed by atoms with Crippen molar-refractivity contribution in [3.8, 4) is 11.5 Å². The lowest BCUT2D eigenvalue weighted by molar-refractivity contribution is 0.0928. The number of carbonyl (C=O) groups is 1. The predicted octanol–water partition coefficient (Wildman–Crippen LogP) is 4.72. The summed E-state index contributed by atoms with van der Waals surface area (Å²) in [6.45, 7) is 3.79. The molecule has 0 saturated carbocycles. The number of ether oxygens (including phenoxy) is 2. The van der Waals surface area contributed by atoms with E-state index < -0.39 is 0 Å². The van der Waals surface area contributed by atoms with Crippen LogP contribution in [-0.4, -0.2) is 18.2 Å². The van der Waals surface area contributed by atoms with Crippen molar-refractivity contribution in [1.82, 2.24) is 10.5 Å². The Balaban J connectivity index is 1.69. The molecule has 1 unspecified atom stereocenters. The van der Waals surface area contributed by atoms with E-state index in [1.54, 1.807) is 38.3 Å². The molecule has 0 saturated heterocycles. The Labute approximate surface area is 168 Å². The van der Waals surface area contributed by atoms with E-state index >= 15 is 0 Å². The number of benzene rings is 2. The van der Waals surface area contributed by atoms with E-state index in [4.69, 9.17) is 25.6 Å². The Kier molecular flexibility index (Phi) is 6.21. The molecule has 146 valence electrons. The smallest absolute Gasteiger partial charge is 0.274 e. The van der Waals surface area contributed by atoms with Crippen LogP contribution in [0, 0.1) is 6.92 Å². The summed E-state index contributed by atoms with van der Waals surface area (Å²) < 4.78 is 16.1. The van der Waals surface area contributed by atoms with E-state index in [9.17, 15) is 4.79 Å². The van der Waals surface area contributed by atoms with Gasteiger partial charge in [-0.1, -0.05) is 35.0 Å². The molecular formula is C21H21ClN2O4. The first-order valence-corrected chi connectivity index (χ1v) is 9.14. The highest BCUT2D eigenvalue weighted by Gasteiger charge is 2.22. The van der Waals surface area contributed by atoms with Crippen molar-refractivity contribution in [2.45, 2.75) is 26.5 Å². The average molecular weight is 401 g/mol. The molecule has 7 heteroatoms. The Morgan fingerprint density at radius 1 is 1.21 bits per heavy atom. The molecule has 0 bridgehead atoms. The van der Waals surface area contributed by atoms with E-state index in [2.05, 4.69) is 10.5 Å². The second-order valence-corrected chi connectivity index (χ2v) is 6.72. The number of amides is 1. The van der Waals surface area contributed by atoms with E-state index in [0.29, 0.717) is 22.1 Å². The SMILES string of the molecule is COc1ccc(C(C)NC(=O)c2noc(C)c2COc2cccc(Cl)c2)cc1. The van der Waals surface area contributed by atoms with Crippen LogP contribution in [0.1, 0.15) is 40.3 Å². The minimum atomic E-state index is -0.329. The average Bonchev–Trinajstić information content (AvgIpc) is 3.07. The number of hydrogen-bond donors (Lipinski definition) is 1. The summed E-state index contributed by atoms with van der Waals surface area (Å²) >= 11 is 5.97. The molecule has 1 aromatic heterocycles. The summed E-state index contributed by atoms with van der Waals surface area (Å²) in [5, 5.41) is 7.41. The maximum absolute atomic E-state index is 12.7. The number of hydrogen-bond acceptors (Lipinski definition) is 5. The second-order valence-electron chi connectivity index (χ2n) is 6.28. The predicted molar refractivity (Wildman–Crippen MR) is 106 cm³/mol. The van der Waals surface area contributed by atoms with Crippen LogP contribution in [0.25, 0.3) is 0 Å². The van der Waals surface area contributed by atoms with Crippen LogP contribution in [0.4, 0.5) is 0 Å². The summed E-state index contributed by atoms with van der Waals surface area (Å²) in [7, 11) is 1.61. The Hall–Kier alpha value is -2.99. The van der Waals surface area contributed by atoms with Gasteiger partial charge in [0.05, 0.1) is 18.7 Å². The number of methoxy groups -OCH3 is 1. The molecule has 2 aromatic carbocycles.